The molecular weight excluding hydrogens is 282 g/mol. The van der Waals surface area contributed by atoms with Gasteiger partial charge < -0.3 is 14.7 Å². The Hall–Kier alpha value is -1.53. The predicted molar refractivity (Wildman–Crippen MR) is 73.2 cm³/mol. The molecule has 0 bridgehead atoms. The van der Waals surface area contributed by atoms with Gasteiger partial charge >= 0.3 is 6.09 Å². The van der Waals surface area contributed by atoms with Crippen LogP contribution in [0.15, 0.2) is 18.3 Å². The highest BCUT2D eigenvalue weighted by Crippen LogP contribution is 2.25. The number of pyridine rings is 1. The highest BCUT2D eigenvalue weighted by atomic mass is 35.5. The van der Waals surface area contributed by atoms with Gasteiger partial charge in [-0.05, 0) is 6.07 Å². The van der Waals surface area contributed by atoms with E-state index in [0.717, 1.165) is 19.5 Å². The molecule has 2 atom stereocenters. The maximum atomic E-state index is 11.0. The van der Waals surface area contributed by atoms with Crippen LogP contribution in [0.3, 0.4) is 0 Å². The maximum Gasteiger partial charge on any atom is 0.407 e. The number of fused-ring (bicyclic) bond motifs is 1. The smallest absolute Gasteiger partial charge is 0.407 e. The number of aromatic nitrogens is 1. The van der Waals surface area contributed by atoms with E-state index in [1.165, 1.54) is 4.90 Å². The minimum absolute atomic E-state index is 0.0578. The van der Waals surface area contributed by atoms with E-state index in [4.69, 9.17) is 21.4 Å². The van der Waals surface area contributed by atoms with Gasteiger partial charge in [0.05, 0.1) is 5.02 Å². The van der Waals surface area contributed by atoms with E-state index >= 15 is 0 Å². The number of hydrogen-bond donors (Lipinski definition) is 1. The van der Waals surface area contributed by atoms with Gasteiger partial charge in [0.25, 0.3) is 0 Å². The summed E-state index contributed by atoms with van der Waals surface area (Å²) in [7, 11) is 0. The van der Waals surface area contributed by atoms with Crippen LogP contribution in [-0.4, -0.2) is 64.3 Å². The molecule has 0 unspecified atom stereocenters. The Morgan fingerprint density at radius 3 is 2.95 bits per heavy atom. The fourth-order valence-electron chi connectivity index (χ4n) is 2.86. The van der Waals surface area contributed by atoms with Crippen molar-refractivity contribution in [1.29, 1.82) is 0 Å². The molecule has 2 fully saturated rings. The third-order valence-corrected chi connectivity index (χ3v) is 4.06. The van der Waals surface area contributed by atoms with E-state index < -0.39 is 6.09 Å². The average Bonchev–Trinajstić information content (AvgIpc) is 2.82. The van der Waals surface area contributed by atoms with Crippen molar-refractivity contribution in [3.05, 3.63) is 23.4 Å². The van der Waals surface area contributed by atoms with Crippen molar-refractivity contribution in [2.24, 2.45) is 0 Å². The molecule has 0 saturated carbocycles. The van der Waals surface area contributed by atoms with Crippen LogP contribution in [0.1, 0.15) is 6.42 Å². The molecule has 3 heterocycles. The molecule has 2 aliphatic heterocycles. The number of piperazine rings is 1. The number of nitrogens with zero attached hydrogens (tertiary/aromatic N) is 3. The Balaban J connectivity index is 1.59. The number of amides is 1. The van der Waals surface area contributed by atoms with Crippen molar-refractivity contribution >= 4 is 17.7 Å². The first-order valence-electron chi connectivity index (χ1n) is 6.62. The lowest BCUT2D eigenvalue weighted by atomic mass is 10.1. The van der Waals surface area contributed by atoms with Gasteiger partial charge in [0.1, 0.15) is 6.10 Å². The number of halogens is 1. The zero-order valence-corrected chi connectivity index (χ0v) is 11.7. The van der Waals surface area contributed by atoms with Crippen LogP contribution < -0.4 is 4.74 Å². The van der Waals surface area contributed by atoms with Gasteiger partial charge in [0, 0.05) is 50.9 Å². The topological polar surface area (TPSA) is 65.9 Å². The van der Waals surface area contributed by atoms with Crippen LogP contribution in [0.25, 0.3) is 0 Å². The molecule has 7 heteroatoms. The summed E-state index contributed by atoms with van der Waals surface area (Å²) in [4.78, 5) is 18.9. The quantitative estimate of drug-likeness (QED) is 0.897. The van der Waals surface area contributed by atoms with E-state index in [0.29, 0.717) is 24.0 Å². The second kappa shape index (κ2) is 5.46. The number of hydrogen-bond acceptors (Lipinski definition) is 4. The fourth-order valence-corrected chi connectivity index (χ4v) is 2.97. The van der Waals surface area contributed by atoms with Crippen LogP contribution in [0, 0.1) is 0 Å². The lowest BCUT2D eigenvalue weighted by molar-refractivity contribution is 0.0882. The van der Waals surface area contributed by atoms with Crippen molar-refractivity contribution in [2.75, 3.05) is 26.2 Å². The lowest BCUT2D eigenvalue weighted by Gasteiger charge is -2.35. The Morgan fingerprint density at radius 1 is 1.40 bits per heavy atom. The summed E-state index contributed by atoms with van der Waals surface area (Å²) < 4.78 is 5.84. The van der Waals surface area contributed by atoms with Gasteiger partial charge in [0.2, 0.25) is 5.88 Å². The van der Waals surface area contributed by atoms with Gasteiger partial charge in [0.15, 0.2) is 0 Å². The SMILES string of the molecule is O=C(O)N1CCN2C[C@H](Oc3ccc(Cl)cn3)C[C@H]2C1. The molecule has 1 aromatic heterocycles. The molecule has 0 radical (unpaired) electrons. The summed E-state index contributed by atoms with van der Waals surface area (Å²) >= 11 is 5.79. The third kappa shape index (κ3) is 2.81. The molecule has 3 rings (SSSR count). The molecule has 2 saturated heterocycles. The molecule has 0 aromatic carbocycles. The van der Waals surface area contributed by atoms with Crippen molar-refractivity contribution in [3.8, 4) is 5.88 Å². The maximum absolute atomic E-state index is 11.0. The monoisotopic (exact) mass is 297 g/mol. The Labute approximate surface area is 121 Å². The summed E-state index contributed by atoms with van der Waals surface area (Å²) in [6, 6.07) is 3.75. The first kappa shape index (κ1) is 13.5. The number of rotatable bonds is 2. The molecule has 108 valence electrons. The predicted octanol–water partition coefficient (Wildman–Crippen LogP) is 1.55. The van der Waals surface area contributed by atoms with E-state index in [1.54, 1.807) is 18.3 Å². The van der Waals surface area contributed by atoms with E-state index in [9.17, 15) is 4.79 Å². The number of carboxylic acid groups (broad SMARTS) is 1. The second-order valence-electron chi connectivity index (χ2n) is 5.17. The molecule has 0 aliphatic carbocycles. The van der Waals surface area contributed by atoms with Gasteiger partial charge in [-0.1, -0.05) is 11.6 Å². The van der Waals surface area contributed by atoms with Crippen LogP contribution in [0.2, 0.25) is 5.02 Å². The fraction of sp³-hybridized carbons (Fsp3) is 0.538. The van der Waals surface area contributed by atoms with Crippen LogP contribution in [0.4, 0.5) is 4.79 Å². The molecule has 1 N–H and O–H groups in total. The van der Waals surface area contributed by atoms with Crippen molar-refractivity contribution in [2.45, 2.75) is 18.6 Å². The van der Waals surface area contributed by atoms with Crippen molar-refractivity contribution in [1.82, 2.24) is 14.8 Å². The highest BCUT2D eigenvalue weighted by Gasteiger charge is 2.38. The van der Waals surface area contributed by atoms with E-state index in [1.807, 2.05) is 0 Å². The van der Waals surface area contributed by atoms with E-state index in [2.05, 4.69) is 9.88 Å². The molecule has 0 spiro atoms. The largest absolute Gasteiger partial charge is 0.473 e. The number of ether oxygens (including phenoxy) is 1. The summed E-state index contributed by atoms with van der Waals surface area (Å²) in [6.07, 6.45) is 1.61. The second-order valence-corrected chi connectivity index (χ2v) is 5.60. The Morgan fingerprint density at radius 2 is 2.25 bits per heavy atom. The highest BCUT2D eigenvalue weighted by molar-refractivity contribution is 6.30. The zero-order valence-electron chi connectivity index (χ0n) is 10.9. The van der Waals surface area contributed by atoms with Gasteiger partial charge in [-0.15, -0.1) is 0 Å². The summed E-state index contributed by atoms with van der Waals surface area (Å²) in [5, 5.41) is 9.62. The van der Waals surface area contributed by atoms with Gasteiger partial charge in [-0.3, -0.25) is 4.90 Å². The standard InChI is InChI=1S/C13H16ClN3O3/c14-9-1-2-12(15-6-9)20-11-5-10-7-17(13(18)19)4-3-16(10)8-11/h1-2,6,10-11H,3-5,7-8H2,(H,18,19)/t10-,11+/m0/s1. The lowest BCUT2D eigenvalue weighted by Crippen LogP contribution is -2.51. The molecule has 1 aromatic rings. The molecular formula is C13H16ClN3O3. The molecule has 20 heavy (non-hydrogen) atoms. The molecule has 6 nitrogen and oxygen atoms in total. The summed E-state index contributed by atoms with van der Waals surface area (Å²) in [5.41, 5.74) is 0. The first-order chi connectivity index (χ1) is 9.61. The normalized spacial score (nSPS) is 26.4. The van der Waals surface area contributed by atoms with Crippen LogP contribution in [0.5, 0.6) is 5.88 Å². The van der Waals surface area contributed by atoms with Crippen molar-refractivity contribution in [3.63, 3.8) is 0 Å². The zero-order chi connectivity index (χ0) is 14.1. The first-order valence-corrected chi connectivity index (χ1v) is 7.00. The van der Waals surface area contributed by atoms with Gasteiger partial charge in [-0.25, -0.2) is 9.78 Å². The third-order valence-electron chi connectivity index (χ3n) is 3.84. The molecule has 2 aliphatic rings. The summed E-state index contributed by atoms with van der Waals surface area (Å²) in [5.74, 6) is 0.564. The van der Waals surface area contributed by atoms with Crippen LogP contribution >= 0.6 is 11.6 Å². The van der Waals surface area contributed by atoms with Gasteiger partial charge in [-0.2, -0.15) is 0 Å². The molecule has 1 amide bonds. The Bertz CT molecular complexity index is 496. The summed E-state index contributed by atoms with van der Waals surface area (Å²) in [6.45, 7) is 2.72. The Kier molecular flexibility index (Phi) is 3.67. The number of carbonyl (C=O) groups is 1. The van der Waals surface area contributed by atoms with E-state index in [-0.39, 0.29) is 12.1 Å². The average molecular weight is 298 g/mol. The van der Waals surface area contributed by atoms with Crippen LogP contribution in [-0.2, 0) is 0 Å². The van der Waals surface area contributed by atoms with Crippen molar-refractivity contribution < 1.29 is 14.6 Å². The minimum Gasteiger partial charge on any atom is -0.473 e. The minimum atomic E-state index is -0.839.